The summed E-state index contributed by atoms with van der Waals surface area (Å²) < 4.78 is 0. The van der Waals surface area contributed by atoms with Gasteiger partial charge in [0, 0.05) is 11.6 Å². The van der Waals surface area contributed by atoms with Gasteiger partial charge in [-0.25, -0.2) is 0 Å². The van der Waals surface area contributed by atoms with Gasteiger partial charge in [-0.3, -0.25) is 9.79 Å². The van der Waals surface area contributed by atoms with E-state index in [0.29, 0.717) is 11.8 Å². The highest BCUT2D eigenvalue weighted by molar-refractivity contribution is 6.06. The summed E-state index contributed by atoms with van der Waals surface area (Å²) in [5.74, 6) is 0.781. The molecule has 0 bridgehead atoms. The first-order valence-corrected chi connectivity index (χ1v) is 5.28. The fourth-order valence-corrected chi connectivity index (χ4v) is 2.50. The molecule has 0 aromatic heterocycles. The van der Waals surface area contributed by atoms with Crippen LogP contribution in [0.5, 0.6) is 0 Å². The van der Waals surface area contributed by atoms with Crippen molar-refractivity contribution in [2.45, 2.75) is 45.6 Å². The molecule has 1 aliphatic heterocycles. The van der Waals surface area contributed by atoms with Crippen molar-refractivity contribution in [1.82, 2.24) is 0 Å². The lowest BCUT2D eigenvalue weighted by Crippen LogP contribution is -2.40. The van der Waals surface area contributed by atoms with Crippen molar-refractivity contribution < 1.29 is 4.79 Å². The highest BCUT2D eigenvalue weighted by Crippen LogP contribution is 2.33. The van der Waals surface area contributed by atoms with Gasteiger partial charge in [0.25, 0.3) is 0 Å². The van der Waals surface area contributed by atoms with Gasteiger partial charge in [-0.05, 0) is 19.8 Å². The molecule has 2 heteroatoms. The third kappa shape index (κ3) is 1.43. The van der Waals surface area contributed by atoms with Crippen LogP contribution in [0.4, 0.5) is 0 Å². The molecular formula is C11H17NO. The summed E-state index contributed by atoms with van der Waals surface area (Å²) in [7, 11) is 0. The van der Waals surface area contributed by atoms with E-state index in [2.05, 4.69) is 4.99 Å². The Morgan fingerprint density at radius 2 is 2.00 bits per heavy atom. The zero-order valence-corrected chi connectivity index (χ0v) is 8.42. The maximum absolute atomic E-state index is 11.9. The van der Waals surface area contributed by atoms with E-state index in [-0.39, 0.29) is 11.8 Å². The molecule has 0 spiro atoms. The average molecular weight is 179 g/mol. The minimum absolute atomic E-state index is 0.0827. The van der Waals surface area contributed by atoms with Crippen molar-refractivity contribution in [2.75, 3.05) is 0 Å². The van der Waals surface area contributed by atoms with Gasteiger partial charge in [0.15, 0.2) is 0 Å². The molecule has 1 fully saturated rings. The molecule has 3 unspecified atom stereocenters. The molecule has 0 amide bonds. The fraction of sp³-hybridized carbons (Fsp3) is 0.818. The number of fused-ring (bicyclic) bond motifs is 1. The van der Waals surface area contributed by atoms with Crippen LogP contribution in [0.3, 0.4) is 0 Å². The second-order valence-electron chi connectivity index (χ2n) is 4.35. The van der Waals surface area contributed by atoms with Crippen LogP contribution in [0, 0.1) is 11.8 Å². The monoisotopic (exact) mass is 179 g/mol. The summed E-state index contributed by atoms with van der Waals surface area (Å²) in [6.07, 6.45) is 4.67. The van der Waals surface area contributed by atoms with Crippen molar-refractivity contribution in [1.29, 1.82) is 0 Å². The number of Topliss-reactive ketones (excluding diaryl/α,β-unsaturated/α-hetero) is 1. The van der Waals surface area contributed by atoms with Crippen molar-refractivity contribution in [2.24, 2.45) is 16.8 Å². The van der Waals surface area contributed by atoms with Crippen LogP contribution in [0.2, 0.25) is 0 Å². The number of aliphatic imine (C=N–C) groups is 1. The maximum atomic E-state index is 11.9. The van der Waals surface area contributed by atoms with Gasteiger partial charge in [-0.1, -0.05) is 19.8 Å². The van der Waals surface area contributed by atoms with Crippen LogP contribution in [0.1, 0.15) is 39.5 Å². The van der Waals surface area contributed by atoms with Crippen LogP contribution in [-0.2, 0) is 4.79 Å². The first-order chi connectivity index (χ1) is 6.20. The van der Waals surface area contributed by atoms with Crippen LogP contribution in [-0.4, -0.2) is 17.5 Å². The minimum Gasteiger partial charge on any atom is -0.299 e. The van der Waals surface area contributed by atoms with E-state index in [1.165, 1.54) is 12.8 Å². The van der Waals surface area contributed by atoms with E-state index in [1.807, 2.05) is 13.8 Å². The topological polar surface area (TPSA) is 29.4 Å². The van der Waals surface area contributed by atoms with Gasteiger partial charge in [-0.2, -0.15) is 0 Å². The highest BCUT2D eigenvalue weighted by Gasteiger charge is 2.37. The number of hydrogen-bond donors (Lipinski definition) is 0. The van der Waals surface area contributed by atoms with Gasteiger partial charge >= 0.3 is 0 Å². The Kier molecular flexibility index (Phi) is 2.22. The third-order valence-corrected chi connectivity index (χ3v) is 3.52. The minimum atomic E-state index is 0.0827. The number of rotatable bonds is 0. The Morgan fingerprint density at radius 3 is 2.77 bits per heavy atom. The molecule has 0 aromatic carbocycles. The molecule has 2 nitrogen and oxygen atoms in total. The summed E-state index contributed by atoms with van der Waals surface area (Å²) in [5, 5.41) is 0. The quantitative estimate of drug-likeness (QED) is 0.560. The molecule has 72 valence electrons. The van der Waals surface area contributed by atoms with Gasteiger partial charge < -0.3 is 0 Å². The lowest BCUT2D eigenvalue weighted by atomic mass is 9.75. The molecule has 13 heavy (non-hydrogen) atoms. The summed E-state index contributed by atoms with van der Waals surface area (Å²) in [4.78, 5) is 16.5. The molecule has 2 aliphatic rings. The molecule has 3 atom stereocenters. The zero-order chi connectivity index (χ0) is 9.42. The first kappa shape index (κ1) is 8.92. The lowest BCUT2D eigenvalue weighted by molar-refractivity contribution is -0.126. The van der Waals surface area contributed by atoms with E-state index in [9.17, 15) is 4.79 Å². The van der Waals surface area contributed by atoms with Crippen molar-refractivity contribution in [3.05, 3.63) is 0 Å². The Balaban J connectivity index is 2.26. The Labute approximate surface area is 79.4 Å². The summed E-state index contributed by atoms with van der Waals surface area (Å²) in [5.41, 5.74) is 1.05. The standard InChI is InChI=1S/C11H17NO/c1-7-8(2)12-10-6-4-3-5-9(10)11(7)13/h7,9-10H,3-6H2,1-2H3. The molecule has 0 radical (unpaired) electrons. The number of hydrogen-bond acceptors (Lipinski definition) is 2. The van der Waals surface area contributed by atoms with E-state index in [4.69, 9.17) is 0 Å². The van der Waals surface area contributed by atoms with Crippen molar-refractivity contribution >= 4 is 11.5 Å². The number of ketones is 1. The van der Waals surface area contributed by atoms with E-state index < -0.39 is 0 Å². The molecule has 0 saturated heterocycles. The molecule has 0 aromatic rings. The Hall–Kier alpha value is -0.660. The van der Waals surface area contributed by atoms with Gasteiger partial charge in [0.05, 0.1) is 12.0 Å². The largest absolute Gasteiger partial charge is 0.299 e. The molecule has 1 aliphatic carbocycles. The smallest absolute Gasteiger partial charge is 0.146 e. The molecule has 1 saturated carbocycles. The highest BCUT2D eigenvalue weighted by atomic mass is 16.1. The van der Waals surface area contributed by atoms with Crippen LogP contribution < -0.4 is 0 Å². The van der Waals surface area contributed by atoms with E-state index in [1.54, 1.807) is 0 Å². The third-order valence-electron chi connectivity index (χ3n) is 3.52. The molecule has 2 rings (SSSR count). The van der Waals surface area contributed by atoms with E-state index >= 15 is 0 Å². The zero-order valence-electron chi connectivity index (χ0n) is 8.42. The van der Waals surface area contributed by atoms with Crippen LogP contribution >= 0.6 is 0 Å². The normalized spacial score (nSPS) is 39.7. The fourth-order valence-electron chi connectivity index (χ4n) is 2.50. The Morgan fingerprint density at radius 1 is 1.31 bits per heavy atom. The predicted octanol–water partition coefficient (Wildman–Crippen LogP) is 2.22. The first-order valence-electron chi connectivity index (χ1n) is 5.28. The second-order valence-corrected chi connectivity index (χ2v) is 4.35. The number of nitrogens with zero attached hydrogens (tertiary/aromatic N) is 1. The van der Waals surface area contributed by atoms with Crippen molar-refractivity contribution in [3.63, 3.8) is 0 Å². The average Bonchev–Trinajstić information content (AvgIpc) is 2.15. The lowest BCUT2D eigenvalue weighted by Gasteiger charge is -2.34. The van der Waals surface area contributed by atoms with Gasteiger partial charge in [0.1, 0.15) is 5.78 Å². The number of carbonyl (C=O) groups excluding carboxylic acids is 1. The summed E-state index contributed by atoms with van der Waals surface area (Å²) in [6, 6.07) is 0.331. The van der Waals surface area contributed by atoms with Gasteiger partial charge in [0.2, 0.25) is 0 Å². The molecule has 0 N–H and O–H groups in total. The van der Waals surface area contributed by atoms with Crippen molar-refractivity contribution in [3.8, 4) is 0 Å². The predicted molar refractivity (Wildman–Crippen MR) is 53.0 cm³/mol. The number of carbonyl (C=O) groups is 1. The molecular weight excluding hydrogens is 162 g/mol. The molecule has 1 heterocycles. The second kappa shape index (κ2) is 3.24. The maximum Gasteiger partial charge on any atom is 0.146 e. The van der Waals surface area contributed by atoms with Gasteiger partial charge in [-0.15, -0.1) is 0 Å². The van der Waals surface area contributed by atoms with Crippen LogP contribution in [0.25, 0.3) is 0 Å². The summed E-state index contributed by atoms with van der Waals surface area (Å²) in [6.45, 7) is 3.99. The van der Waals surface area contributed by atoms with Crippen LogP contribution in [0.15, 0.2) is 4.99 Å². The Bertz CT molecular complexity index is 257. The van der Waals surface area contributed by atoms with E-state index in [0.717, 1.165) is 18.6 Å². The SMILES string of the molecule is CC1=NC2CCCCC2C(=O)C1C. The summed E-state index contributed by atoms with van der Waals surface area (Å²) >= 11 is 0.